The van der Waals surface area contributed by atoms with Crippen LogP contribution in [0, 0.1) is 0 Å². The molecule has 0 aliphatic rings. The fraction of sp³-hybridized carbons (Fsp3) is 0.524. The van der Waals surface area contributed by atoms with Crippen LogP contribution in [0.15, 0.2) is 35.6 Å². The van der Waals surface area contributed by atoms with E-state index in [1.54, 1.807) is 6.33 Å². The lowest BCUT2D eigenvalue weighted by atomic mass is 10.1. The van der Waals surface area contributed by atoms with Crippen molar-refractivity contribution in [3.63, 3.8) is 0 Å². The number of aromatic nitrogens is 3. The predicted octanol–water partition coefficient (Wildman–Crippen LogP) is 2.74. The van der Waals surface area contributed by atoms with Crippen LogP contribution in [0.25, 0.3) is 0 Å². The molecule has 166 valence electrons. The summed E-state index contributed by atoms with van der Waals surface area (Å²) in [4.78, 5) is 16.7. The molecule has 30 heavy (non-hydrogen) atoms. The molecule has 2 aromatic rings. The Bertz CT molecular complexity index is 774. The summed E-state index contributed by atoms with van der Waals surface area (Å²) in [5, 5.41) is 17.6. The zero-order chi connectivity index (χ0) is 20.9. The smallest absolute Gasteiger partial charge is 0.251 e. The maximum Gasteiger partial charge on any atom is 0.251 e. The van der Waals surface area contributed by atoms with E-state index in [9.17, 15) is 4.79 Å². The lowest BCUT2D eigenvalue weighted by Gasteiger charge is -2.12. The number of nitrogens with one attached hydrogen (secondary N) is 3. The first-order valence-corrected chi connectivity index (χ1v) is 10.4. The van der Waals surface area contributed by atoms with Gasteiger partial charge in [0, 0.05) is 38.2 Å². The summed E-state index contributed by atoms with van der Waals surface area (Å²) < 4.78 is 2.04. The van der Waals surface area contributed by atoms with E-state index in [0.29, 0.717) is 18.7 Å². The molecule has 0 fully saturated rings. The van der Waals surface area contributed by atoms with Crippen molar-refractivity contribution in [1.82, 2.24) is 30.7 Å². The van der Waals surface area contributed by atoms with E-state index in [4.69, 9.17) is 0 Å². The number of guanidine groups is 1. The molecule has 1 aromatic heterocycles. The van der Waals surface area contributed by atoms with Crippen molar-refractivity contribution in [3.8, 4) is 0 Å². The van der Waals surface area contributed by atoms with Crippen LogP contribution in [0.5, 0.6) is 0 Å². The Balaban J connectivity index is 0.00000450. The fourth-order valence-corrected chi connectivity index (χ4v) is 2.79. The summed E-state index contributed by atoms with van der Waals surface area (Å²) in [5.41, 5.74) is 1.74. The van der Waals surface area contributed by atoms with Gasteiger partial charge < -0.3 is 20.5 Å². The van der Waals surface area contributed by atoms with E-state index in [1.165, 1.54) is 0 Å². The van der Waals surface area contributed by atoms with Crippen molar-refractivity contribution in [1.29, 1.82) is 0 Å². The largest absolute Gasteiger partial charge is 0.357 e. The summed E-state index contributed by atoms with van der Waals surface area (Å²) in [6.07, 6.45) is 4.68. The molecule has 0 saturated heterocycles. The van der Waals surface area contributed by atoms with Crippen molar-refractivity contribution in [2.45, 2.75) is 53.1 Å². The van der Waals surface area contributed by atoms with Gasteiger partial charge in [-0.1, -0.05) is 32.4 Å². The second-order valence-corrected chi connectivity index (χ2v) is 6.72. The summed E-state index contributed by atoms with van der Waals surface area (Å²) in [6, 6.07) is 7.61. The van der Waals surface area contributed by atoms with Gasteiger partial charge >= 0.3 is 0 Å². The molecule has 3 N–H and O–H groups in total. The molecule has 9 heteroatoms. The zero-order valence-electron chi connectivity index (χ0n) is 18.1. The zero-order valence-corrected chi connectivity index (χ0v) is 20.5. The highest BCUT2D eigenvalue weighted by atomic mass is 127. The van der Waals surface area contributed by atoms with Gasteiger partial charge in [-0.2, -0.15) is 0 Å². The summed E-state index contributed by atoms with van der Waals surface area (Å²) in [5.74, 6) is 1.72. The van der Waals surface area contributed by atoms with E-state index in [1.807, 2.05) is 35.8 Å². The molecule has 8 nitrogen and oxygen atoms in total. The predicted molar refractivity (Wildman–Crippen MR) is 131 cm³/mol. The van der Waals surface area contributed by atoms with Crippen LogP contribution >= 0.6 is 24.0 Å². The third-order valence-corrected chi connectivity index (χ3v) is 4.45. The summed E-state index contributed by atoms with van der Waals surface area (Å²) >= 11 is 0. The third-order valence-electron chi connectivity index (χ3n) is 4.45. The molecule has 2 rings (SSSR count). The maximum atomic E-state index is 12.1. The first-order valence-electron chi connectivity index (χ1n) is 10.4. The highest BCUT2D eigenvalue weighted by Gasteiger charge is 2.05. The molecular formula is C21H34IN7O. The molecule has 1 amide bonds. The van der Waals surface area contributed by atoms with Crippen molar-refractivity contribution in [2.75, 3.05) is 19.6 Å². The lowest BCUT2D eigenvalue weighted by Crippen LogP contribution is -2.38. The van der Waals surface area contributed by atoms with Gasteiger partial charge in [0.05, 0.1) is 6.54 Å². The number of rotatable bonds is 11. The van der Waals surface area contributed by atoms with Gasteiger partial charge in [-0.15, -0.1) is 34.2 Å². The molecule has 0 atom stereocenters. The number of halogens is 1. The standard InChI is InChI=1S/C21H33N7O.HI/c1-4-7-12-23-20(29)18-10-8-17(9-11-18)15-25-21(22-6-3)24-13-14-28-16-26-27-19(28)5-2;/h8-11,16H,4-7,12-15H2,1-3H3,(H,23,29)(H2,22,24,25);1H. The maximum absolute atomic E-state index is 12.1. The van der Waals surface area contributed by atoms with E-state index in [2.05, 4.69) is 45.0 Å². The number of aryl methyl sites for hydroxylation is 1. The number of hydrogen-bond acceptors (Lipinski definition) is 4. The topological polar surface area (TPSA) is 96.2 Å². The van der Waals surface area contributed by atoms with Gasteiger partial charge in [0.1, 0.15) is 12.2 Å². The van der Waals surface area contributed by atoms with Gasteiger partial charge in [0.15, 0.2) is 5.96 Å². The second-order valence-electron chi connectivity index (χ2n) is 6.72. The third kappa shape index (κ3) is 8.68. The van der Waals surface area contributed by atoms with Crippen molar-refractivity contribution < 1.29 is 4.79 Å². The van der Waals surface area contributed by atoms with Crippen LogP contribution in [0.4, 0.5) is 0 Å². The van der Waals surface area contributed by atoms with Gasteiger partial charge in [-0.3, -0.25) is 4.79 Å². The Labute approximate surface area is 196 Å². The molecule has 0 unspecified atom stereocenters. The summed E-state index contributed by atoms with van der Waals surface area (Å²) in [6.45, 7) is 9.77. The molecule has 0 saturated carbocycles. The minimum absolute atomic E-state index is 0. The van der Waals surface area contributed by atoms with E-state index in [-0.39, 0.29) is 29.9 Å². The first-order chi connectivity index (χ1) is 14.2. The molecular weight excluding hydrogens is 493 g/mol. The number of carbonyl (C=O) groups excluding carboxylic acids is 1. The molecule has 1 aromatic carbocycles. The number of nitrogens with zero attached hydrogens (tertiary/aromatic N) is 4. The average molecular weight is 527 g/mol. The Morgan fingerprint density at radius 3 is 2.50 bits per heavy atom. The Morgan fingerprint density at radius 2 is 1.83 bits per heavy atom. The van der Waals surface area contributed by atoms with Gasteiger partial charge in [-0.05, 0) is 31.0 Å². The van der Waals surface area contributed by atoms with Crippen molar-refractivity contribution in [3.05, 3.63) is 47.5 Å². The van der Waals surface area contributed by atoms with Crippen LogP contribution in [-0.4, -0.2) is 46.3 Å². The lowest BCUT2D eigenvalue weighted by molar-refractivity contribution is 0.0953. The van der Waals surface area contributed by atoms with Crippen molar-refractivity contribution in [2.24, 2.45) is 4.99 Å². The fourth-order valence-electron chi connectivity index (χ4n) is 2.79. The number of aliphatic imine (C=N–C) groups is 1. The molecule has 0 spiro atoms. The minimum Gasteiger partial charge on any atom is -0.357 e. The van der Waals surface area contributed by atoms with E-state index < -0.39 is 0 Å². The molecule has 0 radical (unpaired) electrons. The van der Waals surface area contributed by atoms with Gasteiger partial charge in [0.2, 0.25) is 0 Å². The van der Waals surface area contributed by atoms with Crippen LogP contribution < -0.4 is 16.0 Å². The Hall–Kier alpha value is -2.17. The first kappa shape index (κ1) is 25.9. The van der Waals surface area contributed by atoms with Crippen LogP contribution in [0.3, 0.4) is 0 Å². The number of carbonyl (C=O) groups is 1. The van der Waals surface area contributed by atoms with Gasteiger partial charge in [-0.25, -0.2) is 4.99 Å². The SMILES string of the molecule is CCCCNC(=O)c1ccc(CN=C(NCC)NCCn2cnnc2CC)cc1.I. The van der Waals surface area contributed by atoms with E-state index in [0.717, 1.165) is 56.2 Å². The summed E-state index contributed by atoms with van der Waals surface area (Å²) in [7, 11) is 0. The average Bonchev–Trinajstić information content (AvgIpc) is 3.20. The van der Waals surface area contributed by atoms with Gasteiger partial charge in [0.25, 0.3) is 5.91 Å². The highest BCUT2D eigenvalue weighted by Crippen LogP contribution is 2.06. The Kier molecular flexibility index (Phi) is 12.7. The van der Waals surface area contributed by atoms with Crippen molar-refractivity contribution >= 4 is 35.8 Å². The number of unbranched alkanes of at least 4 members (excludes halogenated alkanes) is 1. The number of hydrogen-bond donors (Lipinski definition) is 3. The molecule has 0 aliphatic carbocycles. The minimum atomic E-state index is -0.0241. The Morgan fingerprint density at radius 1 is 1.07 bits per heavy atom. The van der Waals surface area contributed by atoms with Crippen LogP contribution in [0.2, 0.25) is 0 Å². The quantitative estimate of drug-likeness (QED) is 0.181. The van der Waals surface area contributed by atoms with Crippen LogP contribution in [0.1, 0.15) is 55.4 Å². The molecule has 0 aliphatic heterocycles. The van der Waals surface area contributed by atoms with E-state index >= 15 is 0 Å². The number of benzene rings is 1. The monoisotopic (exact) mass is 527 g/mol. The normalized spacial score (nSPS) is 11.0. The van der Waals surface area contributed by atoms with Crippen LogP contribution in [-0.2, 0) is 19.5 Å². The number of amides is 1. The molecule has 1 heterocycles. The highest BCUT2D eigenvalue weighted by molar-refractivity contribution is 14.0. The molecule has 0 bridgehead atoms. The second kappa shape index (κ2) is 14.8.